The summed E-state index contributed by atoms with van der Waals surface area (Å²) in [6.45, 7) is 3.92. The van der Waals surface area contributed by atoms with Crippen molar-refractivity contribution >= 4 is 40.5 Å². The molecule has 4 rings (SSSR count). The number of carbonyl (C=O) groups is 3. The van der Waals surface area contributed by atoms with Gasteiger partial charge in [-0.05, 0) is 60.9 Å². The molecule has 0 atom stereocenters. The largest absolute Gasteiger partial charge is 0.372 e. The molecule has 2 aliphatic rings. The first kappa shape index (κ1) is 19.5. The normalized spacial score (nSPS) is 18.2. The van der Waals surface area contributed by atoms with Crippen molar-refractivity contribution in [2.24, 2.45) is 0 Å². The number of ketones is 1. The van der Waals surface area contributed by atoms with Gasteiger partial charge in [-0.2, -0.15) is 0 Å². The van der Waals surface area contributed by atoms with Crippen molar-refractivity contribution in [2.45, 2.75) is 19.8 Å². The number of amides is 2. The van der Waals surface area contributed by atoms with E-state index >= 15 is 0 Å². The molecule has 0 radical (unpaired) electrons. The van der Waals surface area contributed by atoms with Gasteiger partial charge in [0.25, 0.3) is 11.1 Å². The molecule has 5 nitrogen and oxygen atoms in total. The molecule has 0 unspecified atom stereocenters. The van der Waals surface area contributed by atoms with E-state index in [0.29, 0.717) is 10.5 Å². The highest BCUT2D eigenvalue weighted by Crippen LogP contribution is 2.33. The molecule has 2 amide bonds. The van der Waals surface area contributed by atoms with Gasteiger partial charge in [0, 0.05) is 24.3 Å². The monoisotopic (exact) mass is 406 g/mol. The number of aryl methyl sites for hydroxylation is 1. The standard InChI is InChI=1S/C23H22N2O3S/c1-16-13-19(24-11-5-6-12-24)10-9-18(16)14-21-22(27)25(23(28)29-21)15-20(26)17-7-3-2-4-8-17/h2-4,7-10,13-14H,5-6,11-12,15H2,1H3/b21-14+. The van der Waals surface area contributed by atoms with E-state index in [1.807, 2.05) is 19.1 Å². The molecule has 0 N–H and O–H groups in total. The Balaban J connectivity index is 1.51. The SMILES string of the molecule is Cc1cc(N2CCCC2)ccc1/C=C1/SC(=O)N(CC(=O)c2ccccc2)C1=O. The summed E-state index contributed by atoms with van der Waals surface area (Å²) >= 11 is 0.888. The third-order valence-corrected chi connectivity index (χ3v) is 6.19. The molecule has 2 saturated heterocycles. The van der Waals surface area contributed by atoms with E-state index in [0.717, 1.165) is 40.9 Å². The van der Waals surface area contributed by atoms with Gasteiger partial charge in [-0.1, -0.05) is 36.4 Å². The highest BCUT2D eigenvalue weighted by Gasteiger charge is 2.36. The van der Waals surface area contributed by atoms with Crippen LogP contribution in [0.4, 0.5) is 10.5 Å². The fraction of sp³-hybridized carbons (Fsp3) is 0.261. The maximum Gasteiger partial charge on any atom is 0.293 e. The van der Waals surface area contributed by atoms with Gasteiger partial charge in [0.15, 0.2) is 5.78 Å². The predicted molar refractivity (Wildman–Crippen MR) is 116 cm³/mol. The molecule has 6 heteroatoms. The third kappa shape index (κ3) is 4.12. The molecule has 0 bridgehead atoms. The van der Waals surface area contributed by atoms with Crippen LogP contribution in [-0.2, 0) is 4.79 Å². The highest BCUT2D eigenvalue weighted by atomic mass is 32.2. The van der Waals surface area contributed by atoms with E-state index in [1.165, 1.54) is 18.5 Å². The second-order valence-electron chi connectivity index (χ2n) is 7.29. The van der Waals surface area contributed by atoms with Crippen LogP contribution in [0.5, 0.6) is 0 Å². The zero-order valence-corrected chi connectivity index (χ0v) is 17.1. The summed E-state index contributed by atoms with van der Waals surface area (Å²) in [7, 11) is 0. The Labute approximate surface area is 174 Å². The first-order chi connectivity index (χ1) is 14.0. The van der Waals surface area contributed by atoms with E-state index in [4.69, 9.17) is 0 Å². The summed E-state index contributed by atoms with van der Waals surface area (Å²) in [5, 5.41) is -0.406. The number of benzene rings is 2. The average Bonchev–Trinajstić information content (AvgIpc) is 3.35. The van der Waals surface area contributed by atoms with Crippen LogP contribution in [0.15, 0.2) is 53.4 Å². The van der Waals surface area contributed by atoms with Gasteiger partial charge in [0.2, 0.25) is 0 Å². The summed E-state index contributed by atoms with van der Waals surface area (Å²) in [6.07, 6.45) is 4.19. The number of imide groups is 1. The van der Waals surface area contributed by atoms with Gasteiger partial charge >= 0.3 is 0 Å². The van der Waals surface area contributed by atoms with Crippen molar-refractivity contribution in [2.75, 3.05) is 24.5 Å². The lowest BCUT2D eigenvalue weighted by atomic mass is 10.1. The van der Waals surface area contributed by atoms with Gasteiger partial charge in [-0.3, -0.25) is 19.3 Å². The Hall–Kier alpha value is -2.86. The zero-order chi connectivity index (χ0) is 20.4. The number of hydrogen-bond acceptors (Lipinski definition) is 5. The quantitative estimate of drug-likeness (QED) is 0.540. The predicted octanol–water partition coefficient (Wildman–Crippen LogP) is 4.51. The molecule has 2 aromatic carbocycles. The van der Waals surface area contributed by atoms with Crippen LogP contribution >= 0.6 is 11.8 Å². The second-order valence-corrected chi connectivity index (χ2v) is 8.29. The molecule has 0 saturated carbocycles. The van der Waals surface area contributed by atoms with Gasteiger partial charge in [0.05, 0.1) is 11.4 Å². The molecular weight excluding hydrogens is 384 g/mol. The van der Waals surface area contributed by atoms with E-state index in [9.17, 15) is 14.4 Å². The number of rotatable bonds is 5. The van der Waals surface area contributed by atoms with Crippen molar-refractivity contribution in [1.82, 2.24) is 4.90 Å². The molecule has 148 valence electrons. The van der Waals surface area contributed by atoms with Crippen molar-refractivity contribution in [1.29, 1.82) is 0 Å². The van der Waals surface area contributed by atoms with Crippen LogP contribution in [0.3, 0.4) is 0 Å². The van der Waals surface area contributed by atoms with Crippen LogP contribution in [0.1, 0.15) is 34.3 Å². The molecule has 0 aliphatic carbocycles. The lowest BCUT2D eigenvalue weighted by molar-refractivity contribution is -0.122. The topological polar surface area (TPSA) is 57.7 Å². The Morgan fingerprint density at radius 2 is 1.79 bits per heavy atom. The molecule has 0 spiro atoms. The summed E-state index contributed by atoms with van der Waals surface area (Å²) in [5.74, 6) is -0.660. The van der Waals surface area contributed by atoms with E-state index in [-0.39, 0.29) is 12.3 Å². The minimum atomic E-state index is -0.410. The van der Waals surface area contributed by atoms with Crippen LogP contribution in [-0.4, -0.2) is 41.5 Å². The average molecular weight is 407 g/mol. The zero-order valence-electron chi connectivity index (χ0n) is 16.3. The minimum Gasteiger partial charge on any atom is -0.372 e. The van der Waals surface area contributed by atoms with Crippen molar-refractivity contribution in [3.8, 4) is 0 Å². The molecule has 2 aliphatic heterocycles. The number of hydrogen-bond donors (Lipinski definition) is 0. The maximum atomic E-state index is 12.7. The number of Topliss-reactive ketones (excluding diaryl/α,β-unsaturated/α-hetero) is 1. The van der Waals surface area contributed by atoms with Gasteiger partial charge in [-0.25, -0.2) is 0 Å². The smallest absolute Gasteiger partial charge is 0.293 e. The molecule has 2 fully saturated rings. The molecule has 2 heterocycles. The molecule has 29 heavy (non-hydrogen) atoms. The fourth-order valence-corrected chi connectivity index (χ4v) is 4.46. The fourth-order valence-electron chi connectivity index (χ4n) is 3.63. The first-order valence-electron chi connectivity index (χ1n) is 9.72. The van der Waals surface area contributed by atoms with Gasteiger partial charge in [0.1, 0.15) is 0 Å². The van der Waals surface area contributed by atoms with Crippen molar-refractivity contribution in [3.05, 3.63) is 70.1 Å². The third-order valence-electron chi connectivity index (χ3n) is 5.28. The Kier molecular flexibility index (Phi) is 5.53. The van der Waals surface area contributed by atoms with Gasteiger partial charge in [-0.15, -0.1) is 0 Å². The highest BCUT2D eigenvalue weighted by molar-refractivity contribution is 8.18. The molecular formula is C23H22N2O3S. The Bertz CT molecular complexity index is 994. The molecule has 0 aromatic heterocycles. The second kappa shape index (κ2) is 8.25. The molecule has 2 aromatic rings. The van der Waals surface area contributed by atoms with E-state index in [2.05, 4.69) is 17.0 Å². The summed E-state index contributed by atoms with van der Waals surface area (Å²) in [4.78, 5) is 41.2. The summed E-state index contributed by atoms with van der Waals surface area (Å²) < 4.78 is 0. The van der Waals surface area contributed by atoms with Crippen LogP contribution in [0.2, 0.25) is 0 Å². The lowest BCUT2D eigenvalue weighted by Gasteiger charge is -2.18. The first-order valence-corrected chi connectivity index (χ1v) is 10.5. The number of nitrogens with zero attached hydrogens (tertiary/aromatic N) is 2. The summed E-state index contributed by atoms with van der Waals surface area (Å²) in [6, 6.07) is 14.9. The van der Waals surface area contributed by atoms with E-state index in [1.54, 1.807) is 30.3 Å². The summed E-state index contributed by atoms with van der Waals surface area (Å²) in [5.41, 5.74) is 3.65. The maximum absolute atomic E-state index is 12.7. The Morgan fingerprint density at radius 3 is 2.48 bits per heavy atom. The van der Waals surface area contributed by atoms with Crippen molar-refractivity contribution < 1.29 is 14.4 Å². The number of carbonyl (C=O) groups excluding carboxylic acids is 3. The van der Waals surface area contributed by atoms with E-state index < -0.39 is 11.1 Å². The Morgan fingerprint density at radius 1 is 1.07 bits per heavy atom. The minimum absolute atomic E-state index is 0.237. The number of thioether (sulfide) groups is 1. The van der Waals surface area contributed by atoms with Crippen LogP contribution in [0.25, 0.3) is 6.08 Å². The number of anilines is 1. The lowest BCUT2D eigenvalue weighted by Crippen LogP contribution is -2.33. The van der Waals surface area contributed by atoms with Crippen LogP contribution in [0, 0.1) is 6.92 Å². The van der Waals surface area contributed by atoms with Gasteiger partial charge < -0.3 is 4.90 Å². The van der Waals surface area contributed by atoms with Crippen LogP contribution < -0.4 is 4.90 Å². The van der Waals surface area contributed by atoms with Crippen molar-refractivity contribution in [3.63, 3.8) is 0 Å².